The minimum atomic E-state index is -4.62. The molecule has 1 aliphatic heterocycles. The van der Waals surface area contributed by atoms with Crippen molar-refractivity contribution in [3.63, 3.8) is 0 Å². The molecule has 2 amide bonds. The Balaban J connectivity index is 1.45. The number of fused-ring (bicyclic) bond motifs is 1. The fourth-order valence-electron chi connectivity index (χ4n) is 3.96. The van der Waals surface area contributed by atoms with Gasteiger partial charge in [0.1, 0.15) is 6.17 Å². The zero-order chi connectivity index (χ0) is 28.9. The first kappa shape index (κ1) is 28.3. The average Bonchev–Trinajstić information content (AvgIpc) is 3.41. The number of ether oxygens (including phenoxy) is 1. The van der Waals surface area contributed by atoms with Crippen molar-refractivity contribution in [1.29, 1.82) is 0 Å². The van der Waals surface area contributed by atoms with Crippen LogP contribution in [-0.2, 0) is 20.5 Å². The van der Waals surface area contributed by atoms with E-state index in [1.54, 1.807) is 0 Å². The number of aliphatic imine (C=N–C) groups is 1. The molecule has 2 atom stereocenters. The average molecular weight is 564 g/mol. The molecule has 1 unspecified atom stereocenters. The molecule has 0 spiro atoms. The number of methoxy groups -OCH3 is 1. The third kappa shape index (κ3) is 7.03. The van der Waals surface area contributed by atoms with Crippen LogP contribution in [0.4, 0.5) is 23.2 Å². The molecule has 2 aromatic carbocycles. The lowest BCUT2D eigenvalue weighted by atomic mass is 10.0. The summed E-state index contributed by atoms with van der Waals surface area (Å²) < 4.78 is 57.5. The summed E-state index contributed by atoms with van der Waals surface area (Å²) in [5, 5.41) is 18.1. The first-order valence-electron chi connectivity index (χ1n) is 12.0. The summed E-state index contributed by atoms with van der Waals surface area (Å²) >= 11 is 0. The largest absolute Gasteiger partial charge is 0.469 e. The van der Waals surface area contributed by atoms with Gasteiger partial charge in [0.2, 0.25) is 5.91 Å². The number of carbonyl (C=O) groups excluding carboxylic acids is 3. The number of aromatic nitrogens is 2. The number of nitrogens with one attached hydrogen (secondary N) is 5. The highest BCUT2D eigenvalue weighted by Gasteiger charge is 2.31. The highest BCUT2D eigenvalue weighted by molar-refractivity contribution is 6.07. The van der Waals surface area contributed by atoms with Gasteiger partial charge in [-0.05, 0) is 29.8 Å². The molecule has 0 saturated heterocycles. The number of halogens is 4. The number of hydrogen-bond acceptors (Lipinski definition) is 8. The van der Waals surface area contributed by atoms with E-state index in [4.69, 9.17) is 0 Å². The molecular weight excluding hydrogens is 538 g/mol. The number of aromatic amines is 1. The zero-order valence-corrected chi connectivity index (χ0v) is 21.1. The Morgan fingerprint density at radius 2 is 2.00 bits per heavy atom. The van der Waals surface area contributed by atoms with Crippen LogP contribution in [0, 0.1) is 0 Å². The molecule has 40 heavy (non-hydrogen) atoms. The van der Waals surface area contributed by atoms with E-state index < -0.39 is 54.7 Å². The molecule has 0 saturated carbocycles. The van der Waals surface area contributed by atoms with Crippen molar-refractivity contribution >= 4 is 40.3 Å². The van der Waals surface area contributed by atoms with Crippen molar-refractivity contribution in [3.8, 4) is 0 Å². The van der Waals surface area contributed by atoms with E-state index in [1.807, 2.05) is 0 Å². The van der Waals surface area contributed by atoms with Gasteiger partial charge in [-0.2, -0.15) is 18.3 Å². The Morgan fingerprint density at radius 1 is 1.20 bits per heavy atom. The first-order valence-corrected chi connectivity index (χ1v) is 12.0. The number of carbonyl (C=O) groups is 3. The lowest BCUT2D eigenvalue weighted by molar-refractivity contribution is -0.141. The van der Waals surface area contributed by atoms with E-state index in [9.17, 15) is 31.9 Å². The van der Waals surface area contributed by atoms with Crippen LogP contribution in [0.5, 0.6) is 0 Å². The highest BCUT2D eigenvalue weighted by Crippen LogP contribution is 2.31. The molecule has 2 heterocycles. The minimum absolute atomic E-state index is 0.0172. The molecule has 0 radical (unpaired) electrons. The standard InChI is InChI=1S/C25H25F4N7O4/c1-40-22(38)8-18(13-3-2-4-15(5-13)25(27,28)29)34-21(37)12-30-23(39)14-6-19(17-11-33-36-20(17)7-14)35-24-31-9-16(26)10-32-24/h2-7,11,16,18H,8-10,12H2,1H3,(H,30,39)(H,33,36)(H,34,37)(H2,31,32,35)/t18-/m0/s1. The van der Waals surface area contributed by atoms with Crippen LogP contribution >= 0.6 is 0 Å². The molecule has 15 heteroatoms. The second kappa shape index (κ2) is 12.0. The number of rotatable bonds is 8. The van der Waals surface area contributed by atoms with Crippen molar-refractivity contribution in [3.05, 3.63) is 59.3 Å². The van der Waals surface area contributed by atoms with Crippen LogP contribution in [0.2, 0.25) is 0 Å². The predicted octanol–water partition coefficient (Wildman–Crippen LogP) is 2.44. The summed E-state index contributed by atoms with van der Waals surface area (Å²) in [7, 11) is 1.11. The molecule has 4 rings (SSSR count). The number of amides is 2. The molecular formula is C25H25F4N7O4. The maximum absolute atomic E-state index is 13.4. The number of guanidine groups is 1. The normalized spacial score (nSPS) is 15.9. The van der Waals surface area contributed by atoms with Crippen molar-refractivity contribution in [1.82, 2.24) is 26.1 Å². The monoisotopic (exact) mass is 563 g/mol. The number of esters is 1. The molecule has 0 aliphatic carbocycles. The Hall–Kier alpha value is -4.69. The van der Waals surface area contributed by atoms with Gasteiger partial charge in [0, 0.05) is 10.9 Å². The van der Waals surface area contributed by atoms with Crippen LogP contribution in [0.15, 0.2) is 47.6 Å². The topological polar surface area (TPSA) is 150 Å². The fraction of sp³-hybridized carbons (Fsp3) is 0.320. The molecule has 1 aromatic heterocycles. The zero-order valence-electron chi connectivity index (χ0n) is 21.1. The van der Waals surface area contributed by atoms with Gasteiger partial charge >= 0.3 is 12.1 Å². The quantitative estimate of drug-likeness (QED) is 0.209. The van der Waals surface area contributed by atoms with Gasteiger partial charge in [-0.3, -0.25) is 19.5 Å². The summed E-state index contributed by atoms with van der Waals surface area (Å²) in [6.45, 7) is -0.477. The smallest absolute Gasteiger partial charge is 0.416 e. The number of benzene rings is 2. The van der Waals surface area contributed by atoms with Crippen molar-refractivity contribution in [2.75, 3.05) is 32.1 Å². The van der Waals surface area contributed by atoms with Gasteiger partial charge in [0.25, 0.3) is 5.91 Å². The second-order valence-electron chi connectivity index (χ2n) is 8.85. The number of H-pyrrole nitrogens is 1. The first-order chi connectivity index (χ1) is 19.0. The molecule has 5 N–H and O–H groups in total. The van der Waals surface area contributed by atoms with E-state index >= 15 is 0 Å². The van der Waals surface area contributed by atoms with Crippen molar-refractivity contribution in [2.45, 2.75) is 24.8 Å². The summed E-state index contributed by atoms with van der Waals surface area (Å²) in [6.07, 6.45) is -4.63. The SMILES string of the molecule is COC(=O)C[C@H](NC(=O)CNC(=O)c1cc(NC2=NCC(F)CN2)c2cn[nH]c2c1)c1cccc(C(F)(F)F)c1. The van der Waals surface area contributed by atoms with Gasteiger partial charge in [0.15, 0.2) is 5.96 Å². The van der Waals surface area contributed by atoms with Gasteiger partial charge in [-0.25, -0.2) is 9.38 Å². The number of anilines is 1. The van der Waals surface area contributed by atoms with E-state index in [1.165, 1.54) is 24.4 Å². The molecule has 0 bridgehead atoms. The maximum Gasteiger partial charge on any atom is 0.416 e. The van der Waals surface area contributed by atoms with E-state index in [2.05, 4.69) is 41.2 Å². The molecule has 11 nitrogen and oxygen atoms in total. The summed E-state index contributed by atoms with van der Waals surface area (Å²) in [6, 6.07) is 6.09. The molecule has 1 aliphatic rings. The molecule has 0 fully saturated rings. The minimum Gasteiger partial charge on any atom is -0.469 e. The summed E-state index contributed by atoms with van der Waals surface area (Å²) in [4.78, 5) is 41.5. The summed E-state index contributed by atoms with van der Waals surface area (Å²) in [5.41, 5.74) is 0.198. The van der Waals surface area contributed by atoms with Gasteiger partial charge in [-0.1, -0.05) is 12.1 Å². The molecule has 212 valence electrons. The highest BCUT2D eigenvalue weighted by atomic mass is 19.4. The van der Waals surface area contributed by atoms with Gasteiger partial charge in [0.05, 0.1) is 62.2 Å². The van der Waals surface area contributed by atoms with Gasteiger partial charge in [-0.15, -0.1) is 0 Å². The number of nitrogens with zero attached hydrogens (tertiary/aromatic N) is 2. The van der Waals surface area contributed by atoms with Gasteiger partial charge < -0.3 is 26.0 Å². The maximum atomic E-state index is 13.4. The van der Waals surface area contributed by atoms with Crippen LogP contribution in [0.25, 0.3) is 10.9 Å². The third-order valence-corrected chi connectivity index (χ3v) is 5.97. The van der Waals surface area contributed by atoms with Crippen molar-refractivity contribution < 1.29 is 36.7 Å². The van der Waals surface area contributed by atoms with E-state index in [-0.39, 0.29) is 24.2 Å². The van der Waals surface area contributed by atoms with E-state index in [0.29, 0.717) is 22.5 Å². The Kier molecular flexibility index (Phi) is 8.50. The number of hydrogen-bond donors (Lipinski definition) is 5. The second-order valence-corrected chi connectivity index (χ2v) is 8.85. The third-order valence-electron chi connectivity index (χ3n) is 5.97. The Morgan fingerprint density at radius 3 is 2.70 bits per heavy atom. The van der Waals surface area contributed by atoms with Crippen LogP contribution in [0.1, 0.15) is 33.9 Å². The number of alkyl halides is 4. The van der Waals surface area contributed by atoms with E-state index in [0.717, 1.165) is 25.3 Å². The Labute approximate surface area is 224 Å². The van der Waals surface area contributed by atoms with Crippen LogP contribution < -0.4 is 21.3 Å². The van der Waals surface area contributed by atoms with Crippen molar-refractivity contribution in [2.24, 2.45) is 4.99 Å². The van der Waals surface area contributed by atoms with Crippen LogP contribution in [-0.4, -0.2) is 66.9 Å². The molecule has 3 aromatic rings. The lowest BCUT2D eigenvalue weighted by Gasteiger charge is -2.20. The van der Waals surface area contributed by atoms with Crippen LogP contribution in [0.3, 0.4) is 0 Å². The fourth-order valence-corrected chi connectivity index (χ4v) is 3.96. The summed E-state index contributed by atoms with van der Waals surface area (Å²) in [5.74, 6) is -1.82. The Bertz CT molecular complexity index is 1440. The predicted molar refractivity (Wildman–Crippen MR) is 136 cm³/mol. The lowest BCUT2D eigenvalue weighted by Crippen LogP contribution is -2.41.